The maximum Gasteiger partial charge on any atom is 0.335 e. The van der Waals surface area contributed by atoms with Crippen molar-refractivity contribution in [2.24, 2.45) is 0 Å². The van der Waals surface area contributed by atoms with Crippen LogP contribution in [-0.2, 0) is 22.6 Å². The van der Waals surface area contributed by atoms with Crippen LogP contribution in [0.5, 0.6) is 11.5 Å². The summed E-state index contributed by atoms with van der Waals surface area (Å²) in [6.45, 7) is 6.34. The lowest BCUT2D eigenvalue weighted by Crippen LogP contribution is -2.54. The number of urea groups is 1. The molecule has 0 unspecified atom stereocenters. The van der Waals surface area contributed by atoms with Gasteiger partial charge in [-0.2, -0.15) is 0 Å². The number of benzene rings is 3. The number of halogens is 2. The third-order valence-corrected chi connectivity index (χ3v) is 6.39. The molecule has 1 heterocycles. The van der Waals surface area contributed by atoms with Gasteiger partial charge < -0.3 is 9.47 Å². The monoisotopic (exact) mass is 594 g/mol. The number of nitrogens with one attached hydrogen (secondary N) is 1. The number of hydrogen-bond acceptors (Lipinski definition) is 5. The van der Waals surface area contributed by atoms with E-state index in [-0.39, 0.29) is 12.2 Å². The predicted octanol–water partition coefficient (Wildman–Crippen LogP) is 6.48. The molecule has 4 rings (SSSR count). The van der Waals surface area contributed by atoms with Crippen molar-refractivity contribution >= 4 is 57.1 Å². The van der Waals surface area contributed by atoms with E-state index in [9.17, 15) is 14.4 Å². The van der Waals surface area contributed by atoms with Gasteiger partial charge in [-0.25, -0.2) is 9.69 Å². The highest BCUT2D eigenvalue weighted by Gasteiger charge is 2.36. The standard InChI is InChI=1S/C29H24BrClN2O5/c1-3-5-20-14-19(16-25(37-4-2)26(20)38-17-18-6-10-22(31)11-7-18)15-24-27(34)32-29(36)33(28(24)35)23-12-8-21(30)9-13-23/h3,6-16H,1,4-5,17H2,2H3,(H,32,34,36)/b24-15+. The van der Waals surface area contributed by atoms with E-state index in [0.29, 0.717) is 40.8 Å². The number of hydrogen-bond donors (Lipinski definition) is 1. The van der Waals surface area contributed by atoms with E-state index < -0.39 is 17.8 Å². The van der Waals surface area contributed by atoms with Crippen LogP contribution in [0.15, 0.2) is 83.4 Å². The molecule has 1 aliphatic rings. The molecule has 1 aliphatic heterocycles. The zero-order chi connectivity index (χ0) is 27.2. The summed E-state index contributed by atoms with van der Waals surface area (Å²) in [7, 11) is 0. The largest absolute Gasteiger partial charge is 0.490 e. The lowest BCUT2D eigenvalue weighted by atomic mass is 10.0. The van der Waals surface area contributed by atoms with Crippen molar-refractivity contribution in [2.75, 3.05) is 11.5 Å². The van der Waals surface area contributed by atoms with Crippen molar-refractivity contribution in [1.29, 1.82) is 0 Å². The molecule has 7 nitrogen and oxygen atoms in total. The lowest BCUT2D eigenvalue weighted by molar-refractivity contribution is -0.122. The first-order valence-corrected chi connectivity index (χ1v) is 12.9. The predicted molar refractivity (Wildman–Crippen MR) is 150 cm³/mol. The van der Waals surface area contributed by atoms with Crippen LogP contribution in [0.2, 0.25) is 5.02 Å². The van der Waals surface area contributed by atoms with Crippen LogP contribution in [0.4, 0.5) is 10.5 Å². The summed E-state index contributed by atoms with van der Waals surface area (Å²) in [6.07, 6.45) is 3.62. The second-order valence-electron chi connectivity index (χ2n) is 8.28. The molecular weight excluding hydrogens is 572 g/mol. The smallest absolute Gasteiger partial charge is 0.335 e. The molecule has 0 bridgehead atoms. The number of carbonyl (C=O) groups excluding carboxylic acids is 3. The Morgan fingerprint density at radius 2 is 1.74 bits per heavy atom. The van der Waals surface area contributed by atoms with Gasteiger partial charge in [0.1, 0.15) is 12.2 Å². The number of barbiturate groups is 1. The van der Waals surface area contributed by atoms with E-state index >= 15 is 0 Å². The summed E-state index contributed by atoms with van der Waals surface area (Å²) in [6, 6.07) is 16.6. The summed E-state index contributed by atoms with van der Waals surface area (Å²) in [5.74, 6) is -0.515. The van der Waals surface area contributed by atoms with Crippen LogP contribution in [0.1, 0.15) is 23.6 Å². The highest BCUT2D eigenvalue weighted by atomic mass is 79.9. The molecule has 38 heavy (non-hydrogen) atoms. The zero-order valence-corrected chi connectivity index (χ0v) is 22.8. The topological polar surface area (TPSA) is 84.9 Å². The van der Waals surface area contributed by atoms with Gasteiger partial charge in [-0.1, -0.05) is 45.7 Å². The van der Waals surface area contributed by atoms with Gasteiger partial charge in [-0.3, -0.25) is 14.9 Å². The van der Waals surface area contributed by atoms with Crippen molar-refractivity contribution in [3.63, 3.8) is 0 Å². The minimum Gasteiger partial charge on any atom is -0.490 e. The minimum atomic E-state index is -0.812. The van der Waals surface area contributed by atoms with Crippen LogP contribution in [0, 0.1) is 0 Å². The maximum atomic E-state index is 13.3. The van der Waals surface area contributed by atoms with Crippen molar-refractivity contribution in [3.8, 4) is 11.5 Å². The average Bonchev–Trinajstić information content (AvgIpc) is 2.88. The summed E-state index contributed by atoms with van der Waals surface area (Å²) in [5, 5.41) is 2.88. The van der Waals surface area contributed by atoms with Crippen LogP contribution >= 0.6 is 27.5 Å². The Morgan fingerprint density at radius 1 is 1.03 bits per heavy atom. The highest BCUT2D eigenvalue weighted by Crippen LogP contribution is 2.36. The third kappa shape index (κ3) is 6.15. The molecule has 194 valence electrons. The molecule has 1 saturated heterocycles. The fraction of sp³-hybridized carbons (Fsp3) is 0.138. The molecule has 0 saturated carbocycles. The van der Waals surface area contributed by atoms with Crippen molar-refractivity contribution in [2.45, 2.75) is 20.0 Å². The number of amides is 4. The first-order chi connectivity index (χ1) is 18.3. The van der Waals surface area contributed by atoms with E-state index in [4.69, 9.17) is 21.1 Å². The van der Waals surface area contributed by atoms with Gasteiger partial charge in [0.25, 0.3) is 11.8 Å². The minimum absolute atomic E-state index is 0.186. The molecule has 0 radical (unpaired) electrons. The molecule has 0 atom stereocenters. The summed E-state index contributed by atoms with van der Waals surface area (Å²) in [4.78, 5) is 39.4. The van der Waals surface area contributed by atoms with E-state index in [0.717, 1.165) is 20.5 Å². The fourth-order valence-corrected chi connectivity index (χ4v) is 4.28. The van der Waals surface area contributed by atoms with Crippen LogP contribution in [0.3, 0.4) is 0 Å². The molecule has 3 aromatic rings. The SMILES string of the molecule is C=CCc1cc(/C=C2\C(=O)NC(=O)N(c3ccc(Br)cc3)C2=O)cc(OCC)c1OCc1ccc(Cl)cc1. The highest BCUT2D eigenvalue weighted by molar-refractivity contribution is 9.10. The van der Waals surface area contributed by atoms with Gasteiger partial charge in [0.05, 0.1) is 12.3 Å². The van der Waals surface area contributed by atoms with Gasteiger partial charge >= 0.3 is 6.03 Å². The number of imide groups is 2. The molecular formula is C29H24BrClN2O5. The Balaban J connectivity index is 1.71. The number of carbonyl (C=O) groups is 3. The van der Waals surface area contributed by atoms with Crippen LogP contribution < -0.4 is 19.7 Å². The Kier molecular flexibility index (Phi) is 8.66. The molecule has 9 heteroatoms. The third-order valence-electron chi connectivity index (χ3n) is 5.61. The second kappa shape index (κ2) is 12.1. The first kappa shape index (κ1) is 27.2. The Bertz CT molecular complexity index is 1420. The van der Waals surface area contributed by atoms with Gasteiger partial charge in [-0.15, -0.1) is 6.58 Å². The van der Waals surface area contributed by atoms with Crippen LogP contribution in [-0.4, -0.2) is 24.5 Å². The molecule has 0 aromatic heterocycles. The van der Waals surface area contributed by atoms with Crippen molar-refractivity contribution in [3.05, 3.63) is 105 Å². The quantitative estimate of drug-likeness (QED) is 0.174. The van der Waals surface area contributed by atoms with Gasteiger partial charge in [-0.05, 0) is 79.1 Å². The molecule has 1 N–H and O–H groups in total. The molecule has 0 aliphatic carbocycles. The van der Waals surface area contributed by atoms with Crippen molar-refractivity contribution < 1.29 is 23.9 Å². The van der Waals surface area contributed by atoms with Gasteiger partial charge in [0, 0.05) is 15.1 Å². The lowest BCUT2D eigenvalue weighted by Gasteiger charge is -2.26. The van der Waals surface area contributed by atoms with E-state index in [1.165, 1.54) is 6.08 Å². The normalized spacial score (nSPS) is 14.4. The molecule has 0 spiro atoms. The van der Waals surface area contributed by atoms with Gasteiger partial charge in [0.2, 0.25) is 0 Å². The molecule has 1 fully saturated rings. The number of anilines is 1. The van der Waals surface area contributed by atoms with Crippen molar-refractivity contribution in [1.82, 2.24) is 5.32 Å². The fourth-order valence-electron chi connectivity index (χ4n) is 3.89. The zero-order valence-electron chi connectivity index (χ0n) is 20.5. The molecule has 4 amide bonds. The maximum absolute atomic E-state index is 13.3. The summed E-state index contributed by atoms with van der Waals surface area (Å²) in [5.41, 5.74) is 2.37. The van der Waals surface area contributed by atoms with E-state index in [2.05, 4.69) is 27.8 Å². The number of rotatable bonds is 9. The Hall–Kier alpha value is -3.88. The summed E-state index contributed by atoms with van der Waals surface area (Å²) < 4.78 is 12.8. The van der Waals surface area contributed by atoms with Crippen LogP contribution in [0.25, 0.3) is 6.08 Å². The number of ether oxygens (including phenoxy) is 2. The number of allylic oxidation sites excluding steroid dienone is 1. The number of nitrogens with zero attached hydrogens (tertiary/aromatic N) is 1. The second-order valence-corrected chi connectivity index (χ2v) is 9.63. The summed E-state index contributed by atoms with van der Waals surface area (Å²) >= 11 is 9.32. The molecule has 3 aromatic carbocycles. The van der Waals surface area contributed by atoms with E-state index in [1.807, 2.05) is 19.1 Å². The average molecular weight is 596 g/mol. The van der Waals surface area contributed by atoms with Gasteiger partial charge in [0.15, 0.2) is 11.5 Å². The Labute approximate surface area is 233 Å². The Morgan fingerprint density at radius 3 is 2.39 bits per heavy atom. The first-order valence-electron chi connectivity index (χ1n) is 11.8. The van der Waals surface area contributed by atoms with E-state index in [1.54, 1.807) is 54.6 Å².